The van der Waals surface area contributed by atoms with Crippen LogP contribution in [0.1, 0.15) is 11.3 Å². The van der Waals surface area contributed by atoms with Crippen LogP contribution in [-0.4, -0.2) is 9.97 Å². The molecule has 1 aromatic carbocycles. The molecule has 92 valence electrons. The highest BCUT2D eigenvalue weighted by molar-refractivity contribution is 7.80. The number of rotatable bonds is 3. The number of nitrogens with zero attached hydrogens (tertiary/aromatic N) is 1. The van der Waals surface area contributed by atoms with Gasteiger partial charge in [-0.15, -0.1) is 0 Å². The number of ether oxygens (including phenoxy) is 1. The number of benzene rings is 1. The maximum atomic E-state index is 5.90. The van der Waals surface area contributed by atoms with Crippen LogP contribution in [0.15, 0.2) is 36.5 Å². The van der Waals surface area contributed by atoms with Crippen molar-refractivity contribution < 1.29 is 4.74 Å². The Labute approximate surface area is 116 Å². The van der Waals surface area contributed by atoms with Gasteiger partial charge in [0.1, 0.15) is 16.5 Å². The van der Waals surface area contributed by atoms with Crippen molar-refractivity contribution in [2.75, 3.05) is 0 Å². The summed E-state index contributed by atoms with van der Waals surface area (Å²) in [6.45, 7) is 1.91. The molecule has 0 radical (unpaired) electrons. The molecule has 0 fully saturated rings. The average molecular weight is 279 g/mol. The van der Waals surface area contributed by atoms with E-state index in [2.05, 4.69) is 4.98 Å². The Morgan fingerprint density at radius 2 is 2.11 bits per heavy atom. The van der Waals surface area contributed by atoms with Crippen LogP contribution in [0, 0.1) is 6.92 Å². The van der Waals surface area contributed by atoms with Gasteiger partial charge in [0.05, 0.1) is 11.8 Å². The topological polar surface area (TPSA) is 48.1 Å². The van der Waals surface area contributed by atoms with Crippen molar-refractivity contribution in [1.82, 2.24) is 4.98 Å². The maximum Gasteiger partial charge on any atom is 0.145 e. The van der Waals surface area contributed by atoms with E-state index in [1.54, 1.807) is 24.4 Å². The van der Waals surface area contributed by atoms with Gasteiger partial charge in [-0.3, -0.25) is 4.98 Å². The zero-order valence-electron chi connectivity index (χ0n) is 9.68. The molecule has 3 nitrogen and oxygen atoms in total. The van der Waals surface area contributed by atoms with Gasteiger partial charge in [-0.2, -0.15) is 0 Å². The van der Waals surface area contributed by atoms with E-state index in [0.29, 0.717) is 22.1 Å². The van der Waals surface area contributed by atoms with Crippen LogP contribution in [0.2, 0.25) is 5.02 Å². The number of thiocarbonyl (C=S) groups is 1. The highest BCUT2D eigenvalue weighted by Gasteiger charge is 2.08. The molecular formula is C13H11ClN2OS. The van der Waals surface area contributed by atoms with E-state index < -0.39 is 0 Å². The minimum absolute atomic E-state index is 0.243. The summed E-state index contributed by atoms with van der Waals surface area (Å²) >= 11 is 10.9. The molecule has 2 rings (SSSR count). The van der Waals surface area contributed by atoms with Crippen LogP contribution in [0.5, 0.6) is 11.5 Å². The van der Waals surface area contributed by atoms with Crippen LogP contribution >= 0.6 is 23.8 Å². The van der Waals surface area contributed by atoms with Crippen molar-refractivity contribution in [1.29, 1.82) is 0 Å². The Bertz CT molecular complexity index is 584. The van der Waals surface area contributed by atoms with E-state index in [-0.39, 0.29) is 4.99 Å². The molecule has 0 aliphatic rings. The molecule has 0 aliphatic carbocycles. The molecule has 1 heterocycles. The molecule has 18 heavy (non-hydrogen) atoms. The Morgan fingerprint density at radius 1 is 1.33 bits per heavy atom. The first kappa shape index (κ1) is 12.8. The lowest BCUT2D eigenvalue weighted by molar-refractivity contribution is 0.479. The van der Waals surface area contributed by atoms with E-state index in [1.165, 1.54) is 0 Å². The molecule has 1 aromatic heterocycles. The quantitative estimate of drug-likeness (QED) is 0.874. The minimum Gasteiger partial charge on any atom is -0.455 e. The molecule has 0 aliphatic heterocycles. The molecule has 0 spiro atoms. The molecule has 0 atom stereocenters. The number of pyridine rings is 1. The van der Waals surface area contributed by atoms with Crippen LogP contribution in [0.25, 0.3) is 0 Å². The number of halogens is 1. The van der Waals surface area contributed by atoms with Crippen molar-refractivity contribution in [2.45, 2.75) is 6.92 Å². The third-order valence-electron chi connectivity index (χ3n) is 2.32. The molecule has 0 bridgehead atoms. The van der Waals surface area contributed by atoms with Crippen molar-refractivity contribution in [3.05, 3.63) is 52.8 Å². The second-order valence-electron chi connectivity index (χ2n) is 3.74. The predicted octanol–water partition coefficient (Wildman–Crippen LogP) is 3.47. The van der Waals surface area contributed by atoms with Gasteiger partial charge in [-0.05, 0) is 37.3 Å². The Kier molecular flexibility index (Phi) is 3.79. The second kappa shape index (κ2) is 5.33. The van der Waals surface area contributed by atoms with Gasteiger partial charge in [-0.25, -0.2) is 0 Å². The summed E-state index contributed by atoms with van der Waals surface area (Å²) < 4.78 is 5.69. The molecule has 5 heteroatoms. The SMILES string of the molecule is Cc1ccc(Oc2ccc(Cl)cc2C(N)=S)cn1. The van der Waals surface area contributed by atoms with Crippen LogP contribution < -0.4 is 10.5 Å². The fraction of sp³-hybridized carbons (Fsp3) is 0.0769. The standard InChI is InChI=1S/C13H11ClN2OS/c1-8-2-4-10(7-16-8)17-12-5-3-9(14)6-11(12)13(15)18/h2-7H,1H3,(H2,15,18). The lowest BCUT2D eigenvalue weighted by Crippen LogP contribution is -2.10. The van der Waals surface area contributed by atoms with Crippen molar-refractivity contribution >= 4 is 28.8 Å². The molecular weight excluding hydrogens is 268 g/mol. The normalized spacial score (nSPS) is 10.1. The highest BCUT2D eigenvalue weighted by Crippen LogP contribution is 2.27. The van der Waals surface area contributed by atoms with Crippen LogP contribution in [0.3, 0.4) is 0 Å². The van der Waals surface area contributed by atoms with Gasteiger partial charge in [0.25, 0.3) is 0 Å². The molecule has 0 saturated carbocycles. The van der Waals surface area contributed by atoms with E-state index in [4.69, 9.17) is 34.3 Å². The van der Waals surface area contributed by atoms with Gasteiger partial charge < -0.3 is 10.5 Å². The number of aromatic nitrogens is 1. The fourth-order valence-corrected chi connectivity index (χ4v) is 1.76. The van der Waals surface area contributed by atoms with E-state index in [9.17, 15) is 0 Å². The first-order valence-corrected chi connectivity index (χ1v) is 6.05. The van der Waals surface area contributed by atoms with Crippen molar-refractivity contribution in [2.24, 2.45) is 5.73 Å². The maximum absolute atomic E-state index is 5.90. The summed E-state index contributed by atoms with van der Waals surface area (Å²) in [7, 11) is 0. The Hall–Kier alpha value is -1.65. The van der Waals surface area contributed by atoms with E-state index in [0.717, 1.165) is 5.69 Å². The number of nitrogens with two attached hydrogens (primary N) is 1. The van der Waals surface area contributed by atoms with Crippen LogP contribution in [0.4, 0.5) is 0 Å². The van der Waals surface area contributed by atoms with Gasteiger partial charge in [0.2, 0.25) is 0 Å². The predicted molar refractivity (Wildman–Crippen MR) is 76.4 cm³/mol. The average Bonchev–Trinajstić information content (AvgIpc) is 2.34. The smallest absolute Gasteiger partial charge is 0.145 e. The van der Waals surface area contributed by atoms with Crippen molar-refractivity contribution in [3.63, 3.8) is 0 Å². The molecule has 0 saturated heterocycles. The van der Waals surface area contributed by atoms with Gasteiger partial charge in [-0.1, -0.05) is 23.8 Å². The lowest BCUT2D eigenvalue weighted by atomic mass is 10.2. The Morgan fingerprint density at radius 3 is 2.72 bits per heavy atom. The summed E-state index contributed by atoms with van der Waals surface area (Å²) in [5.74, 6) is 1.19. The monoisotopic (exact) mass is 278 g/mol. The van der Waals surface area contributed by atoms with Gasteiger partial charge >= 0.3 is 0 Å². The largest absolute Gasteiger partial charge is 0.455 e. The summed E-state index contributed by atoms with van der Waals surface area (Å²) in [5, 5.41) is 0.562. The first-order valence-electron chi connectivity index (χ1n) is 5.26. The number of hydrogen-bond acceptors (Lipinski definition) is 3. The Balaban J connectivity index is 2.34. The van der Waals surface area contributed by atoms with E-state index in [1.807, 2.05) is 19.1 Å². The highest BCUT2D eigenvalue weighted by atomic mass is 35.5. The van der Waals surface area contributed by atoms with Crippen molar-refractivity contribution in [3.8, 4) is 11.5 Å². The summed E-state index contributed by atoms with van der Waals surface area (Å²) in [6.07, 6.45) is 1.65. The number of hydrogen-bond donors (Lipinski definition) is 1. The van der Waals surface area contributed by atoms with Gasteiger partial charge in [0.15, 0.2) is 0 Å². The molecule has 0 amide bonds. The first-order chi connectivity index (χ1) is 8.56. The third kappa shape index (κ3) is 2.97. The summed E-state index contributed by atoms with van der Waals surface area (Å²) in [4.78, 5) is 4.40. The van der Waals surface area contributed by atoms with Crippen LogP contribution in [-0.2, 0) is 0 Å². The molecule has 2 N–H and O–H groups in total. The third-order valence-corrected chi connectivity index (χ3v) is 2.77. The zero-order valence-corrected chi connectivity index (χ0v) is 11.3. The molecule has 0 unspecified atom stereocenters. The summed E-state index contributed by atoms with van der Waals surface area (Å²) in [5.41, 5.74) is 7.17. The number of aryl methyl sites for hydroxylation is 1. The summed E-state index contributed by atoms with van der Waals surface area (Å²) in [6, 6.07) is 8.84. The second-order valence-corrected chi connectivity index (χ2v) is 4.62. The minimum atomic E-state index is 0.243. The fourth-order valence-electron chi connectivity index (χ4n) is 1.43. The van der Waals surface area contributed by atoms with Gasteiger partial charge in [0, 0.05) is 10.7 Å². The molecule has 2 aromatic rings. The zero-order chi connectivity index (χ0) is 13.1. The lowest BCUT2D eigenvalue weighted by Gasteiger charge is -2.10. The van der Waals surface area contributed by atoms with E-state index >= 15 is 0 Å².